The van der Waals surface area contributed by atoms with E-state index in [1.807, 2.05) is 30.5 Å². The average Bonchev–Trinajstić information content (AvgIpc) is 2.89. The Balaban J connectivity index is 0.000000153. The largest absolute Gasteiger partial charge is 0.361 e. The third-order valence-corrected chi connectivity index (χ3v) is 2.19. The van der Waals surface area contributed by atoms with E-state index in [0.29, 0.717) is 0 Å². The van der Waals surface area contributed by atoms with Gasteiger partial charge in [0.05, 0.1) is 11.6 Å². The van der Waals surface area contributed by atoms with Crippen LogP contribution in [-0.2, 0) is 0 Å². The van der Waals surface area contributed by atoms with Crippen LogP contribution in [0.15, 0.2) is 55.2 Å². The van der Waals surface area contributed by atoms with Crippen molar-refractivity contribution in [2.45, 2.75) is 0 Å². The van der Waals surface area contributed by atoms with Gasteiger partial charge >= 0.3 is 0 Å². The minimum atomic E-state index is 0.726. The van der Waals surface area contributed by atoms with Gasteiger partial charge in [-0.2, -0.15) is 5.26 Å². The van der Waals surface area contributed by atoms with Gasteiger partial charge in [-0.25, -0.2) is 9.97 Å². The molecule has 0 aliphatic carbocycles. The highest BCUT2D eigenvalue weighted by atomic mass is 14.8. The number of nitrogens with zero attached hydrogens (tertiary/aromatic N) is 3. The fourth-order valence-electron chi connectivity index (χ4n) is 1.44. The molecule has 0 spiro atoms. The summed E-state index contributed by atoms with van der Waals surface area (Å²) < 4.78 is 0. The van der Waals surface area contributed by atoms with E-state index in [4.69, 9.17) is 5.26 Å². The Kier molecular flexibility index (Phi) is 3.46. The van der Waals surface area contributed by atoms with Crippen molar-refractivity contribution in [3.8, 4) is 6.07 Å². The van der Waals surface area contributed by atoms with Gasteiger partial charge in [0.2, 0.25) is 0 Å². The van der Waals surface area contributed by atoms with Gasteiger partial charge in [-0.15, -0.1) is 0 Å². The molecule has 3 aromatic rings. The molecule has 0 amide bonds. The second kappa shape index (κ2) is 5.42. The smallest absolute Gasteiger partial charge is 0.115 e. The number of aromatic nitrogens is 3. The van der Waals surface area contributed by atoms with Crippen LogP contribution in [0.4, 0.5) is 0 Å². The average molecular weight is 222 g/mol. The Bertz CT molecular complexity index is 596. The van der Waals surface area contributed by atoms with Gasteiger partial charge in [-0.05, 0) is 24.3 Å². The fraction of sp³-hybridized carbons (Fsp3) is 0. The first-order valence-corrected chi connectivity index (χ1v) is 5.08. The summed E-state index contributed by atoms with van der Waals surface area (Å²) >= 11 is 0. The van der Waals surface area contributed by atoms with Gasteiger partial charge in [0.25, 0.3) is 0 Å². The molecule has 82 valence electrons. The summed E-state index contributed by atoms with van der Waals surface area (Å²) in [5.74, 6) is 0. The normalized spacial score (nSPS) is 9.12. The number of hydrogen-bond donors (Lipinski definition) is 1. The van der Waals surface area contributed by atoms with Crippen molar-refractivity contribution in [1.82, 2.24) is 15.0 Å². The van der Waals surface area contributed by atoms with Crippen molar-refractivity contribution in [1.29, 1.82) is 5.26 Å². The molecule has 0 saturated carbocycles. The van der Waals surface area contributed by atoms with Crippen molar-refractivity contribution in [3.63, 3.8) is 0 Å². The number of hydrogen-bond acceptors (Lipinski definition) is 3. The van der Waals surface area contributed by atoms with E-state index < -0.39 is 0 Å². The van der Waals surface area contributed by atoms with Crippen LogP contribution in [0.2, 0.25) is 0 Å². The van der Waals surface area contributed by atoms with Crippen molar-refractivity contribution >= 4 is 10.9 Å². The first kappa shape index (κ1) is 10.8. The summed E-state index contributed by atoms with van der Waals surface area (Å²) in [6.07, 6.45) is 6.71. The Morgan fingerprint density at radius 3 is 2.47 bits per heavy atom. The maximum absolute atomic E-state index is 8.69. The number of rotatable bonds is 0. The van der Waals surface area contributed by atoms with Crippen molar-refractivity contribution < 1.29 is 0 Å². The third-order valence-electron chi connectivity index (χ3n) is 2.19. The standard InChI is InChI=1S/C9H6N2.C4H4N2/c10-6-7-2-1-3-9-8(7)4-5-11-9;1-2-5-4-6-3-1/h1-5,11H;1-4H. The van der Waals surface area contributed by atoms with Gasteiger partial charge in [0.1, 0.15) is 6.33 Å². The van der Waals surface area contributed by atoms with Crippen LogP contribution in [0.1, 0.15) is 5.56 Å². The molecule has 2 aromatic heterocycles. The zero-order chi connectivity index (χ0) is 11.9. The monoisotopic (exact) mass is 222 g/mol. The summed E-state index contributed by atoms with van der Waals surface area (Å²) in [6.45, 7) is 0. The summed E-state index contributed by atoms with van der Waals surface area (Å²) in [4.78, 5) is 10.4. The molecule has 4 heteroatoms. The van der Waals surface area contributed by atoms with E-state index in [1.54, 1.807) is 18.5 Å². The summed E-state index contributed by atoms with van der Waals surface area (Å²) in [5.41, 5.74) is 1.74. The number of fused-ring (bicyclic) bond motifs is 1. The molecule has 3 rings (SSSR count). The fourth-order valence-corrected chi connectivity index (χ4v) is 1.44. The number of benzene rings is 1. The highest BCUT2D eigenvalue weighted by Crippen LogP contribution is 2.15. The number of aromatic amines is 1. The second-order valence-corrected chi connectivity index (χ2v) is 3.26. The summed E-state index contributed by atoms with van der Waals surface area (Å²) in [6, 6.07) is 11.5. The predicted molar refractivity (Wildman–Crippen MR) is 65.0 cm³/mol. The highest BCUT2D eigenvalue weighted by Gasteiger charge is 1.97. The Morgan fingerprint density at radius 1 is 1.06 bits per heavy atom. The highest BCUT2D eigenvalue weighted by molar-refractivity contribution is 5.85. The Morgan fingerprint density at radius 2 is 1.88 bits per heavy atom. The molecule has 0 bridgehead atoms. The first-order chi connectivity index (χ1) is 8.42. The molecular formula is C13H10N4. The Hall–Kier alpha value is -2.67. The lowest BCUT2D eigenvalue weighted by atomic mass is 10.1. The van der Waals surface area contributed by atoms with Gasteiger partial charge < -0.3 is 4.98 Å². The van der Waals surface area contributed by atoms with Crippen LogP contribution >= 0.6 is 0 Å². The zero-order valence-electron chi connectivity index (χ0n) is 9.04. The molecule has 4 nitrogen and oxygen atoms in total. The van der Waals surface area contributed by atoms with E-state index in [-0.39, 0.29) is 0 Å². The lowest BCUT2D eigenvalue weighted by Gasteiger charge is -1.89. The van der Waals surface area contributed by atoms with Crippen LogP contribution in [0, 0.1) is 11.3 Å². The van der Waals surface area contributed by atoms with E-state index in [9.17, 15) is 0 Å². The zero-order valence-corrected chi connectivity index (χ0v) is 9.04. The van der Waals surface area contributed by atoms with Gasteiger partial charge in [-0.1, -0.05) is 6.07 Å². The van der Waals surface area contributed by atoms with Crippen LogP contribution in [-0.4, -0.2) is 15.0 Å². The molecule has 0 radical (unpaired) electrons. The molecule has 1 N–H and O–H groups in total. The van der Waals surface area contributed by atoms with E-state index in [1.165, 1.54) is 6.33 Å². The quantitative estimate of drug-likeness (QED) is 0.635. The lowest BCUT2D eigenvalue weighted by Crippen LogP contribution is -1.73. The SMILES string of the molecule is N#Cc1cccc2[nH]ccc12.c1cncnc1. The Labute approximate surface area is 98.6 Å². The first-order valence-electron chi connectivity index (χ1n) is 5.08. The van der Waals surface area contributed by atoms with Crippen LogP contribution in [0.25, 0.3) is 10.9 Å². The predicted octanol–water partition coefficient (Wildman–Crippen LogP) is 2.52. The molecule has 0 unspecified atom stereocenters. The molecule has 2 heterocycles. The molecular weight excluding hydrogens is 212 g/mol. The van der Waals surface area contributed by atoms with Crippen molar-refractivity contribution in [3.05, 3.63) is 60.8 Å². The minimum Gasteiger partial charge on any atom is -0.361 e. The molecule has 0 saturated heterocycles. The minimum absolute atomic E-state index is 0.726. The summed E-state index contributed by atoms with van der Waals surface area (Å²) in [5, 5.41) is 9.69. The van der Waals surface area contributed by atoms with Crippen LogP contribution < -0.4 is 0 Å². The number of nitriles is 1. The van der Waals surface area contributed by atoms with Crippen LogP contribution in [0.3, 0.4) is 0 Å². The molecule has 17 heavy (non-hydrogen) atoms. The maximum Gasteiger partial charge on any atom is 0.115 e. The van der Waals surface area contributed by atoms with Gasteiger partial charge in [-0.3, -0.25) is 0 Å². The van der Waals surface area contributed by atoms with E-state index >= 15 is 0 Å². The molecule has 0 aliphatic heterocycles. The van der Waals surface area contributed by atoms with Gasteiger partial charge in [0, 0.05) is 29.5 Å². The molecule has 1 aromatic carbocycles. The van der Waals surface area contributed by atoms with Gasteiger partial charge in [0.15, 0.2) is 0 Å². The molecule has 0 atom stereocenters. The second-order valence-electron chi connectivity index (χ2n) is 3.26. The van der Waals surface area contributed by atoms with Crippen molar-refractivity contribution in [2.75, 3.05) is 0 Å². The van der Waals surface area contributed by atoms with E-state index in [0.717, 1.165) is 16.5 Å². The van der Waals surface area contributed by atoms with Crippen LogP contribution in [0.5, 0.6) is 0 Å². The number of nitrogens with one attached hydrogen (secondary N) is 1. The topological polar surface area (TPSA) is 65.4 Å². The number of H-pyrrole nitrogens is 1. The molecule has 0 aliphatic rings. The third kappa shape index (κ3) is 2.67. The maximum atomic E-state index is 8.69. The van der Waals surface area contributed by atoms with Crippen molar-refractivity contribution in [2.24, 2.45) is 0 Å². The van der Waals surface area contributed by atoms with E-state index in [2.05, 4.69) is 21.0 Å². The lowest BCUT2D eigenvalue weighted by molar-refractivity contribution is 1.17. The molecule has 0 fully saturated rings. The summed E-state index contributed by atoms with van der Waals surface area (Å²) in [7, 11) is 0.